The Hall–Kier alpha value is -4.23. The van der Waals surface area contributed by atoms with Crippen LogP contribution in [0.15, 0.2) is 88.9 Å². The Morgan fingerprint density at radius 3 is 2.32 bits per heavy atom. The number of aromatic carboxylic acids is 1. The molecule has 0 aliphatic rings. The Kier molecular flexibility index (Phi) is 7.55. The Labute approximate surface area is 217 Å². The molecule has 4 rings (SSSR count). The lowest BCUT2D eigenvalue weighted by Crippen LogP contribution is -2.18. The van der Waals surface area contributed by atoms with Crippen molar-refractivity contribution in [3.63, 3.8) is 0 Å². The fourth-order valence-electron chi connectivity index (χ4n) is 4.38. The number of carboxylic acid groups (broad SMARTS) is 1. The van der Waals surface area contributed by atoms with E-state index in [1.165, 1.54) is 16.7 Å². The number of carboxylic acids is 1. The lowest BCUT2D eigenvalue weighted by molar-refractivity contribution is 0.0696. The third-order valence-corrected chi connectivity index (χ3v) is 6.61. The molecule has 0 radical (unpaired) electrons. The molecule has 2 N–H and O–H groups in total. The van der Waals surface area contributed by atoms with Crippen LogP contribution >= 0.6 is 11.6 Å². The standard InChI is InChI=1S/C29H24ClFN2O4/c1-17-13-20(29(35)36)7-10-23(17)18-3-5-19(6-4-18)25(24-11-9-22(30)14-26(24)31)15-27(32-37)21-8-12-28(34)33(2)16-21/h3-14,16,25,37H,15H2,1-2H3,(H,35,36)/t25-/m1/s1. The number of benzene rings is 3. The normalized spacial score (nSPS) is 12.4. The molecule has 188 valence electrons. The highest BCUT2D eigenvalue weighted by Gasteiger charge is 2.22. The monoisotopic (exact) mass is 518 g/mol. The van der Waals surface area contributed by atoms with Crippen molar-refractivity contribution in [1.82, 2.24) is 4.57 Å². The summed E-state index contributed by atoms with van der Waals surface area (Å²) in [5.74, 6) is -2.00. The van der Waals surface area contributed by atoms with Gasteiger partial charge in [0.1, 0.15) is 5.82 Å². The number of carbonyl (C=O) groups is 1. The summed E-state index contributed by atoms with van der Waals surface area (Å²) >= 11 is 5.99. The van der Waals surface area contributed by atoms with E-state index in [0.717, 1.165) is 22.3 Å². The molecule has 3 aromatic carbocycles. The van der Waals surface area contributed by atoms with E-state index in [-0.39, 0.29) is 22.6 Å². The second-order valence-electron chi connectivity index (χ2n) is 8.79. The fraction of sp³-hybridized carbons (Fsp3) is 0.138. The molecule has 0 aliphatic heterocycles. The second-order valence-corrected chi connectivity index (χ2v) is 9.23. The van der Waals surface area contributed by atoms with Gasteiger partial charge in [0.25, 0.3) is 0 Å². The Morgan fingerprint density at radius 2 is 1.73 bits per heavy atom. The van der Waals surface area contributed by atoms with Gasteiger partial charge in [0.2, 0.25) is 5.56 Å². The molecule has 1 atom stereocenters. The summed E-state index contributed by atoms with van der Waals surface area (Å²) in [6.07, 6.45) is 1.72. The minimum Gasteiger partial charge on any atom is -0.478 e. The summed E-state index contributed by atoms with van der Waals surface area (Å²) in [4.78, 5) is 23.1. The maximum Gasteiger partial charge on any atom is 0.335 e. The number of hydrogen-bond donors (Lipinski definition) is 2. The van der Waals surface area contributed by atoms with Gasteiger partial charge in [0.05, 0.1) is 11.3 Å². The predicted molar refractivity (Wildman–Crippen MR) is 141 cm³/mol. The second kappa shape index (κ2) is 10.8. The smallest absolute Gasteiger partial charge is 0.335 e. The molecule has 0 unspecified atom stereocenters. The SMILES string of the molecule is Cc1cc(C(=O)O)ccc1-c1ccc([C@@H](CC(=NO)c2ccc(=O)n(C)c2)c2ccc(Cl)cc2F)cc1. The van der Waals surface area contributed by atoms with Gasteiger partial charge in [0, 0.05) is 42.2 Å². The van der Waals surface area contributed by atoms with E-state index >= 15 is 4.39 Å². The zero-order chi connectivity index (χ0) is 26.7. The van der Waals surface area contributed by atoms with Crippen molar-refractivity contribution in [2.75, 3.05) is 0 Å². The Morgan fingerprint density at radius 1 is 1.03 bits per heavy atom. The number of rotatable bonds is 7. The van der Waals surface area contributed by atoms with E-state index in [4.69, 9.17) is 11.6 Å². The molecule has 8 heteroatoms. The summed E-state index contributed by atoms with van der Waals surface area (Å²) in [5, 5.41) is 22.8. The summed E-state index contributed by atoms with van der Waals surface area (Å²) in [7, 11) is 1.60. The predicted octanol–water partition coefficient (Wildman–Crippen LogP) is 6.25. The van der Waals surface area contributed by atoms with Crippen molar-refractivity contribution in [3.8, 4) is 11.1 Å². The largest absolute Gasteiger partial charge is 0.478 e. The van der Waals surface area contributed by atoms with Crippen molar-refractivity contribution in [2.45, 2.75) is 19.3 Å². The van der Waals surface area contributed by atoms with Crippen LogP contribution in [0.5, 0.6) is 0 Å². The number of oxime groups is 1. The lowest BCUT2D eigenvalue weighted by Gasteiger charge is -2.20. The van der Waals surface area contributed by atoms with Crippen LogP contribution in [0, 0.1) is 12.7 Å². The number of hydrogen-bond acceptors (Lipinski definition) is 4. The zero-order valence-corrected chi connectivity index (χ0v) is 20.9. The van der Waals surface area contributed by atoms with E-state index in [9.17, 15) is 19.9 Å². The van der Waals surface area contributed by atoms with E-state index in [1.807, 2.05) is 31.2 Å². The van der Waals surface area contributed by atoms with E-state index < -0.39 is 17.7 Å². The fourth-order valence-corrected chi connectivity index (χ4v) is 4.54. The summed E-state index contributed by atoms with van der Waals surface area (Å²) in [6, 6.07) is 19.9. The van der Waals surface area contributed by atoms with E-state index in [1.54, 1.807) is 49.6 Å². The highest BCUT2D eigenvalue weighted by molar-refractivity contribution is 6.30. The highest BCUT2D eigenvalue weighted by atomic mass is 35.5. The number of nitrogens with zero attached hydrogens (tertiary/aromatic N) is 2. The van der Waals surface area contributed by atoms with Crippen LogP contribution in [-0.2, 0) is 7.05 Å². The molecule has 37 heavy (non-hydrogen) atoms. The quantitative estimate of drug-likeness (QED) is 0.172. The molecule has 1 heterocycles. The molecule has 0 saturated heterocycles. The van der Waals surface area contributed by atoms with Gasteiger partial charge >= 0.3 is 5.97 Å². The highest BCUT2D eigenvalue weighted by Crippen LogP contribution is 2.34. The number of halogens is 2. The van der Waals surface area contributed by atoms with Crippen LogP contribution in [0.25, 0.3) is 11.1 Å². The average molecular weight is 519 g/mol. The first kappa shape index (κ1) is 25.9. The van der Waals surface area contributed by atoms with Crippen LogP contribution in [0.3, 0.4) is 0 Å². The molecule has 0 saturated carbocycles. The molecule has 0 amide bonds. The van der Waals surface area contributed by atoms with Crippen molar-refractivity contribution in [2.24, 2.45) is 12.2 Å². The molecule has 0 aliphatic carbocycles. The average Bonchev–Trinajstić information content (AvgIpc) is 2.87. The maximum absolute atomic E-state index is 15.1. The van der Waals surface area contributed by atoms with Crippen LogP contribution in [0.4, 0.5) is 4.39 Å². The zero-order valence-electron chi connectivity index (χ0n) is 20.2. The van der Waals surface area contributed by atoms with E-state index in [0.29, 0.717) is 16.8 Å². The first-order chi connectivity index (χ1) is 17.7. The van der Waals surface area contributed by atoms with Crippen LogP contribution < -0.4 is 5.56 Å². The van der Waals surface area contributed by atoms with Gasteiger partial charge in [-0.05, 0) is 65.1 Å². The number of aromatic nitrogens is 1. The third-order valence-electron chi connectivity index (χ3n) is 6.37. The van der Waals surface area contributed by atoms with Crippen molar-refractivity contribution in [1.29, 1.82) is 0 Å². The topological polar surface area (TPSA) is 91.9 Å². The number of pyridine rings is 1. The molecule has 1 aromatic heterocycles. The first-order valence-electron chi connectivity index (χ1n) is 11.4. The van der Waals surface area contributed by atoms with Gasteiger partial charge in [-0.3, -0.25) is 4.79 Å². The maximum atomic E-state index is 15.1. The van der Waals surface area contributed by atoms with Gasteiger partial charge in [-0.2, -0.15) is 0 Å². The summed E-state index contributed by atoms with van der Waals surface area (Å²) in [5.41, 5.74) is 4.57. The molecule has 0 fully saturated rings. The molecule has 0 bridgehead atoms. The van der Waals surface area contributed by atoms with Gasteiger partial charge in [-0.1, -0.05) is 53.2 Å². The molecule has 6 nitrogen and oxygen atoms in total. The van der Waals surface area contributed by atoms with Gasteiger partial charge in [0.15, 0.2) is 0 Å². The van der Waals surface area contributed by atoms with Crippen molar-refractivity contribution < 1.29 is 19.5 Å². The Balaban J connectivity index is 1.74. The van der Waals surface area contributed by atoms with Crippen molar-refractivity contribution >= 4 is 23.3 Å². The van der Waals surface area contributed by atoms with Crippen molar-refractivity contribution in [3.05, 3.63) is 128 Å². The van der Waals surface area contributed by atoms with Gasteiger partial charge in [-0.25, -0.2) is 9.18 Å². The van der Waals surface area contributed by atoms with Crippen LogP contribution in [-0.4, -0.2) is 26.6 Å². The minimum atomic E-state index is -0.988. The van der Waals surface area contributed by atoms with Crippen LogP contribution in [0.1, 0.15) is 45.0 Å². The van der Waals surface area contributed by atoms with Gasteiger partial charge in [-0.15, -0.1) is 0 Å². The van der Waals surface area contributed by atoms with E-state index in [2.05, 4.69) is 5.16 Å². The molecular formula is C29H24ClFN2O4. The molecule has 4 aromatic rings. The minimum absolute atomic E-state index is 0.152. The number of aryl methyl sites for hydroxylation is 2. The molecular weight excluding hydrogens is 495 g/mol. The first-order valence-corrected chi connectivity index (χ1v) is 11.8. The summed E-state index contributed by atoms with van der Waals surface area (Å²) < 4.78 is 16.5. The van der Waals surface area contributed by atoms with Crippen LogP contribution in [0.2, 0.25) is 5.02 Å². The molecule has 0 spiro atoms. The van der Waals surface area contributed by atoms with Gasteiger partial charge < -0.3 is 14.9 Å². The summed E-state index contributed by atoms with van der Waals surface area (Å²) in [6.45, 7) is 1.85. The Bertz CT molecular complexity index is 1560. The lowest BCUT2D eigenvalue weighted by atomic mass is 9.84. The third kappa shape index (κ3) is 5.62.